The summed E-state index contributed by atoms with van der Waals surface area (Å²) >= 11 is 0. The SMILES string of the molecule is O=C(NC1CCCCC1)C1CC(c2cccc(F)c2)=NO1. The number of halogens is 1. The van der Waals surface area contributed by atoms with Crippen molar-refractivity contribution in [3.05, 3.63) is 35.6 Å². The molecular weight excluding hydrogens is 271 g/mol. The molecule has 1 atom stereocenters. The van der Waals surface area contributed by atoms with E-state index in [2.05, 4.69) is 10.5 Å². The molecule has 5 heteroatoms. The van der Waals surface area contributed by atoms with E-state index in [4.69, 9.17) is 4.84 Å². The summed E-state index contributed by atoms with van der Waals surface area (Å²) in [5.74, 6) is -0.428. The summed E-state index contributed by atoms with van der Waals surface area (Å²) in [5, 5.41) is 6.96. The molecular formula is C16H19FN2O2. The Morgan fingerprint density at radius 1 is 1.29 bits per heavy atom. The molecule has 1 aliphatic carbocycles. The van der Waals surface area contributed by atoms with Crippen molar-refractivity contribution in [2.24, 2.45) is 5.16 Å². The standard InChI is InChI=1S/C16H19FN2O2/c17-12-6-4-5-11(9-12)14-10-15(21-19-14)16(20)18-13-7-2-1-3-8-13/h4-6,9,13,15H,1-3,7-8,10H2,(H,18,20). The third kappa shape index (κ3) is 3.40. The minimum absolute atomic E-state index is 0.114. The molecule has 2 aliphatic rings. The number of rotatable bonds is 3. The van der Waals surface area contributed by atoms with Gasteiger partial charge in [-0.15, -0.1) is 0 Å². The summed E-state index contributed by atoms with van der Waals surface area (Å²) < 4.78 is 13.2. The van der Waals surface area contributed by atoms with Crippen molar-refractivity contribution in [1.29, 1.82) is 0 Å². The molecule has 1 unspecified atom stereocenters. The largest absolute Gasteiger partial charge is 0.382 e. The van der Waals surface area contributed by atoms with Crippen LogP contribution in [0.3, 0.4) is 0 Å². The Morgan fingerprint density at radius 2 is 2.10 bits per heavy atom. The molecule has 1 amide bonds. The van der Waals surface area contributed by atoms with Gasteiger partial charge in [0.15, 0.2) is 0 Å². The van der Waals surface area contributed by atoms with Crippen LogP contribution in [-0.2, 0) is 9.63 Å². The maximum absolute atomic E-state index is 13.2. The lowest BCUT2D eigenvalue weighted by molar-refractivity contribution is -0.132. The molecule has 1 heterocycles. The van der Waals surface area contributed by atoms with Gasteiger partial charge >= 0.3 is 0 Å². The summed E-state index contributed by atoms with van der Waals surface area (Å²) in [6, 6.07) is 6.44. The highest BCUT2D eigenvalue weighted by Gasteiger charge is 2.30. The quantitative estimate of drug-likeness (QED) is 0.930. The Labute approximate surface area is 123 Å². The zero-order valence-corrected chi connectivity index (χ0v) is 11.8. The first-order valence-electron chi connectivity index (χ1n) is 7.51. The average molecular weight is 290 g/mol. The van der Waals surface area contributed by atoms with Gasteiger partial charge in [-0.05, 0) is 25.0 Å². The van der Waals surface area contributed by atoms with Crippen molar-refractivity contribution in [1.82, 2.24) is 5.32 Å². The Hall–Kier alpha value is -1.91. The van der Waals surface area contributed by atoms with Gasteiger partial charge < -0.3 is 10.2 Å². The fourth-order valence-corrected chi connectivity index (χ4v) is 2.90. The van der Waals surface area contributed by atoms with Crippen LogP contribution in [0.15, 0.2) is 29.4 Å². The summed E-state index contributed by atoms with van der Waals surface area (Å²) in [6.07, 6.45) is 5.46. The summed E-state index contributed by atoms with van der Waals surface area (Å²) in [5.41, 5.74) is 1.29. The van der Waals surface area contributed by atoms with Crippen LogP contribution in [0.25, 0.3) is 0 Å². The third-order valence-electron chi connectivity index (χ3n) is 4.07. The van der Waals surface area contributed by atoms with E-state index in [0.29, 0.717) is 17.7 Å². The molecule has 0 spiro atoms. The van der Waals surface area contributed by atoms with Gasteiger partial charge in [0.05, 0.1) is 5.71 Å². The van der Waals surface area contributed by atoms with Crippen molar-refractivity contribution < 1.29 is 14.0 Å². The van der Waals surface area contributed by atoms with Gasteiger partial charge in [-0.2, -0.15) is 0 Å². The lowest BCUT2D eigenvalue weighted by atomic mass is 9.95. The molecule has 1 saturated carbocycles. The van der Waals surface area contributed by atoms with Crippen molar-refractivity contribution in [2.45, 2.75) is 50.7 Å². The van der Waals surface area contributed by atoms with Gasteiger partial charge in [-0.3, -0.25) is 4.79 Å². The van der Waals surface area contributed by atoms with E-state index < -0.39 is 6.10 Å². The topological polar surface area (TPSA) is 50.7 Å². The number of hydrogen-bond acceptors (Lipinski definition) is 3. The number of benzene rings is 1. The van der Waals surface area contributed by atoms with Crippen LogP contribution < -0.4 is 5.32 Å². The molecule has 1 aromatic rings. The highest BCUT2D eigenvalue weighted by Crippen LogP contribution is 2.20. The Bertz CT molecular complexity index is 553. The van der Waals surface area contributed by atoms with Crippen LogP contribution in [0.4, 0.5) is 4.39 Å². The molecule has 1 N–H and O–H groups in total. The molecule has 0 aromatic heterocycles. The molecule has 21 heavy (non-hydrogen) atoms. The van der Waals surface area contributed by atoms with Crippen LogP contribution in [0.5, 0.6) is 0 Å². The molecule has 4 nitrogen and oxygen atoms in total. The maximum Gasteiger partial charge on any atom is 0.264 e. The van der Waals surface area contributed by atoms with Gasteiger partial charge in [0.25, 0.3) is 5.91 Å². The minimum Gasteiger partial charge on any atom is -0.382 e. The second-order valence-electron chi connectivity index (χ2n) is 5.69. The predicted octanol–water partition coefficient (Wildman–Crippen LogP) is 2.77. The van der Waals surface area contributed by atoms with E-state index in [0.717, 1.165) is 12.8 Å². The van der Waals surface area contributed by atoms with Crippen LogP contribution in [0.2, 0.25) is 0 Å². The zero-order chi connectivity index (χ0) is 14.7. The first-order chi connectivity index (χ1) is 10.2. The predicted molar refractivity (Wildman–Crippen MR) is 77.4 cm³/mol. The van der Waals surface area contributed by atoms with Gasteiger partial charge in [0, 0.05) is 18.0 Å². The van der Waals surface area contributed by atoms with Crippen LogP contribution in [0.1, 0.15) is 44.1 Å². The average Bonchev–Trinajstić information content (AvgIpc) is 2.98. The maximum atomic E-state index is 13.2. The van der Waals surface area contributed by atoms with E-state index in [1.807, 2.05) is 0 Å². The molecule has 1 aliphatic heterocycles. The lowest BCUT2D eigenvalue weighted by Gasteiger charge is -2.23. The lowest BCUT2D eigenvalue weighted by Crippen LogP contribution is -2.42. The number of amides is 1. The Morgan fingerprint density at radius 3 is 2.86 bits per heavy atom. The molecule has 1 aromatic carbocycles. The normalized spacial score (nSPS) is 22.5. The second kappa shape index (κ2) is 6.24. The van der Waals surface area contributed by atoms with Gasteiger partial charge in [0.2, 0.25) is 6.10 Å². The van der Waals surface area contributed by atoms with E-state index in [9.17, 15) is 9.18 Å². The van der Waals surface area contributed by atoms with Gasteiger partial charge in [-0.25, -0.2) is 4.39 Å². The summed E-state index contributed by atoms with van der Waals surface area (Å²) in [7, 11) is 0. The zero-order valence-electron chi connectivity index (χ0n) is 11.8. The Balaban J connectivity index is 1.56. The van der Waals surface area contributed by atoms with E-state index in [1.54, 1.807) is 12.1 Å². The molecule has 0 saturated heterocycles. The van der Waals surface area contributed by atoms with Crippen molar-refractivity contribution in [2.75, 3.05) is 0 Å². The molecule has 0 bridgehead atoms. The highest BCUT2D eigenvalue weighted by atomic mass is 19.1. The molecule has 3 rings (SSSR count). The number of hydrogen-bond donors (Lipinski definition) is 1. The molecule has 1 fully saturated rings. The highest BCUT2D eigenvalue weighted by molar-refractivity contribution is 6.04. The van der Waals surface area contributed by atoms with Crippen molar-refractivity contribution in [3.8, 4) is 0 Å². The smallest absolute Gasteiger partial charge is 0.264 e. The number of carbonyl (C=O) groups is 1. The van der Waals surface area contributed by atoms with E-state index in [-0.39, 0.29) is 17.8 Å². The monoisotopic (exact) mass is 290 g/mol. The number of nitrogens with one attached hydrogen (secondary N) is 1. The number of oxime groups is 1. The first kappa shape index (κ1) is 14.0. The van der Waals surface area contributed by atoms with Crippen LogP contribution in [0, 0.1) is 5.82 Å². The number of carbonyl (C=O) groups excluding carboxylic acids is 1. The summed E-state index contributed by atoms with van der Waals surface area (Å²) in [4.78, 5) is 17.4. The van der Waals surface area contributed by atoms with Gasteiger partial charge in [0.1, 0.15) is 5.82 Å². The summed E-state index contributed by atoms with van der Waals surface area (Å²) in [6.45, 7) is 0. The fourth-order valence-electron chi connectivity index (χ4n) is 2.90. The van der Waals surface area contributed by atoms with Crippen molar-refractivity contribution in [3.63, 3.8) is 0 Å². The van der Waals surface area contributed by atoms with Crippen LogP contribution >= 0.6 is 0 Å². The molecule has 112 valence electrons. The van der Waals surface area contributed by atoms with Crippen molar-refractivity contribution >= 4 is 11.6 Å². The van der Waals surface area contributed by atoms with Gasteiger partial charge in [-0.1, -0.05) is 36.6 Å². The number of nitrogens with zero attached hydrogens (tertiary/aromatic N) is 1. The van der Waals surface area contributed by atoms with Crippen LogP contribution in [-0.4, -0.2) is 23.8 Å². The fraction of sp³-hybridized carbons (Fsp3) is 0.500. The van der Waals surface area contributed by atoms with E-state index in [1.165, 1.54) is 31.4 Å². The first-order valence-corrected chi connectivity index (χ1v) is 7.51. The third-order valence-corrected chi connectivity index (χ3v) is 4.07. The second-order valence-corrected chi connectivity index (χ2v) is 5.69. The minimum atomic E-state index is -0.592. The molecule has 0 radical (unpaired) electrons. The van der Waals surface area contributed by atoms with E-state index >= 15 is 0 Å². The Kier molecular flexibility index (Phi) is 4.18.